The van der Waals surface area contributed by atoms with Crippen molar-refractivity contribution in [2.75, 3.05) is 11.1 Å². The number of nitrogens with one attached hydrogen (secondary N) is 1. The molecule has 2 aromatic carbocycles. The van der Waals surface area contributed by atoms with Gasteiger partial charge in [-0.2, -0.15) is 0 Å². The van der Waals surface area contributed by atoms with Crippen LogP contribution < -0.4 is 11.1 Å². The number of halogens is 3. The van der Waals surface area contributed by atoms with Crippen molar-refractivity contribution in [1.29, 1.82) is 0 Å². The third-order valence-electron chi connectivity index (χ3n) is 2.54. The van der Waals surface area contributed by atoms with Gasteiger partial charge in [0.05, 0.1) is 16.9 Å². The number of rotatable bonds is 2. The molecule has 0 fully saturated rings. The van der Waals surface area contributed by atoms with Crippen molar-refractivity contribution in [2.24, 2.45) is 0 Å². The Kier molecular flexibility index (Phi) is 3.89. The summed E-state index contributed by atoms with van der Waals surface area (Å²) < 4.78 is 27.1. The lowest BCUT2D eigenvalue weighted by molar-refractivity contribution is 0.102. The highest BCUT2D eigenvalue weighted by molar-refractivity contribution is 9.10. The minimum absolute atomic E-state index is 0.0458. The molecule has 7 heteroatoms. The van der Waals surface area contributed by atoms with Crippen LogP contribution in [0.25, 0.3) is 0 Å². The van der Waals surface area contributed by atoms with Crippen LogP contribution in [0.3, 0.4) is 0 Å². The summed E-state index contributed by atoms with van der Waals surface area (Å²) >= 11 is 3.13. The number of amides is 1. The summed E-state index contributed by atoms with van der Waals surface area (Å²) in [6.07, 6.45) is 0. The predicted molar refractivity (Wildman–Crippen MR) is 74.5 cm³/mol. The van der Waals surface area contributed by atoms with Gasteiger partial charge >= 0.3 is 0 Å². The minimum Gasteiger partial charge on any atom is -0.507 e. The van der Waals surface area contributed by atoms with Gasteiger partial charge in [-0.25, -0.2) is 8.78 Å². The van der Waals surface area contributed by atoms with Gasteiger partial charge < -0.3 is 16.2 Å². The summed E-state index contributed by atoms with van der Waals surface area (Å²) in [7, 11) is 0. The quantitative estimate of drug-likeness (QED) is 0.733. The van der Waals surface area contributed by atoms with Crippen LogP contribution in [0.2, 0.25) is 0 Å². The van der Waals surface area contributed by atoms with Crippen molar-refractivity contribution in [3.8, 4) is 5.75 Å². The van der Waals surface area contributed by atoms with Gasteiger partial charge in [0.25, 0.3) is 5.91 Å². The molecule has 2 aromatic rings. The monoisotopic (exact) mass is 342 g/mol. The Morgan fingerprint density at radius 3 is 2.55 bits per heavy atom. The Morgan fingerprint density at radius 1 is 1.20 bits per heavy atom. The van der Waals surface area contributed by atoms with Gasteiger partial charge in [0.1, 0.15) is 17.4 Å². The van der Waals surface area contributed by atoms with E-state index in [1.54, 1.807) is 6.07 Å². The average molecular weight is 343 g/mol. The van der Waals surface area contributed by atoms with Crippen LogP contribution in [0.4, 0.5) is 20.2 Å². The molecule has 4 N–H and O–H groups in total. The molecule has 20 heavy (non-hydrogen) atoms. The van der Waals surface area contributed by atoms with Crippen molar-refractivity contribution in [3.63, 3.8) is 0 Å². The van der Waals surface area contributed by atoms with E-state index in [2.05, 4.69) is 21.2 Å². The fraction of sp³-hybridized carbons (Fsp3) is 0. The van der Waals surface area contributed by atoms with Crippen LogP contribution in [0.15, 0.2) is 34.8 Å². The van der Waals surface area contributed by atoms with Crippen molar-refractivity contribution < 1.29 is 18.7 Å². The normalized spacial score (nSPS) is 10.3. The number of carbonyl (C=O) groups excluding carboxylic acids is 1. The molecule has 0 aromatic heterocycles. The molecule has 0 aliphatic heterocycles. The molecular formula is C13H9BrF2N2O2. The Morgan fingerprint density at radius 2 is 1.90 bits per heavy atom. The van der Waals surface area contributed by atoms with Crippen molar-refractivity contribution in [1.82, 2.24) is 0 Å². The lowest BCUT2D eigenvalue weighted by Gasteiger charge is -2.09. The highest BCUT2D eigenvalue weighted by Crippen LogP contribution is 2.25. The summed E-state index contributed by atoms with van der Waals surface area (Å²) in [6, 6.07) is 5.78. The number of carbonyl (C=O) groups is 1. The molecule has 0 bridgehead atoms. The largest absolute Gasteiger partial charge is 0.507 e. The molecule has 0 aliphatic carbocycles. The van der Waals surface area contributed by atoms with Crippen molar-refractivity contribution in [2.45, 2.75) is 0 Å². The van der Waals surface area contributed by atoms with E-state index in [1.807, 2.05) is 0 Å². The standard InChI is InChI=1S/C13H9BrF2N2O2/c14-6-1-2-7(12(19)3-6)13(20)18-11-5-10(17)8(15)4-9(11)16/h1-5,19H,17H2,(H,18,20). The Labute approximate surface area is 121 Å². The number of anilines is 2. The Hall–Kier alpha value is -2.15. The van der Waals surface area contributed by atoms with Crippen LogP contribution in [0.1, 0.15) is 10.4 Å². The van der Waals surface area contributed by atoms with Gasteiger partial charge in [-0.05, 0) is 24.3 Å². The summed E-state index contributed by atoms with van der Waals surface area (Å²) in [6.45, 7) is 0. The highest BCUT2D eigenvalue weighted by atomic mass is 79.9. The third kappa shape index (κ3) is 2.88. The Bertz CT molecular complexity index is 692. The zero-order valence-corrected chi connectivity index (χ0v) is 11.5. The number of phenolic OH excluding ortho intramolecular Hbond substituents is 1. The number of benzene rings is 2. The number of hydrogen-bond donors (Lipinski definition) is 3. The first-order chi connectivity index (χ1) is 9.38. The molecule has 1 amide bonds. The van der Waals surface area contributed by atoms with Crippen LogP contribution >= 0.6 is 15.9 Å². The molecule has 0 atom stereocenters. The smallest absolute Gasteiger partial charge is 0.259 e. The maximum Gasteiger partial charge on any atom is 0.259 e. The summed E-state index contributed by atoms with van der Waals surface area (Å²) in [5.41, 5.74) is 4.70. The van der Waals surface area contributed by atoms with Gasteiger partial charge in [-0.3, -0.25) is 4.79 Å². The van der Waals surface area contributed by atoms with Gasteiger partial charge in [-0.1, -0.05) is 15.9 Å². The Balaban J connectivity index is 2.30. The van der Waals surface area contributed by atoms with E-state index in [0.717, 1.165) is 6.07 Å². The molecule has 0 saturated carbocycles. The van der Waals surface area contributed by atoms with Crippen LogP contribution in [0.5, 0.6) is 5.75 Å². The maximum absolute atomic E-state index is 13.5. The molecule has 0 saturated heterocycles. The minimum atomic E-state index is -0.957. The van der Waals surface area contributed by atoms with E-state index in [9.17, 15) is 18.7 Å². The number of hydrogen-bond acceptors (Lipinski definition) is 3. The molecule has 0 heterocycles. The first-order valence-corrected chi connectivity index (χ1v) is 6.22. The molecule has 104 valence electrons. The maximum atomic E-state index is 13.5. The van der Waals surface area contributed by atoms with Crippen LogP contribution in [0, 0.1) is 11.6 Å². The number of phenols is 1. The van der Waals surface area contributed by atoms with E-state index in [1.165, 1.54) is 12.1 Å². The molecule has 0 spiro atoms. The number of aromatic hydroxyl groups is 1. The van der Waals surface area contributed by atoms with Gasteiger partial charge in [0.2, 0.25) is 0 Å². The van der Waals surface area contributed by atoms with E-state index in [0.29, 0.717) is 10.5 Å². The molecule has 0 radical (unpaired) electrons. The summed E-state index contributed by atoms with van der Waals surface area (Å²) in [4.78, 5) is 11.9. The third-order valence-corrected chi connectivity index (χ3v) is 3.03. The average Bonchev–Trinajstić information content (AvgIpc) is 2.35. The van der Waals surface area contributed by atoms with Gasteiger partial charge in [-0.15, -0.1) is 0 Å². The van der Waals surface area contributed by atoms with E-state index < -0.39 is 17.5 Å². The first-order valence-electron chi connectivity index (χ1n) is 5.43. The predicted octanol–water partition coefficient (Wildman–Crippen LogP) is 3.27. The lowest BCUT2D eigenvalue weighted by Crippen LogP contribution is -2.13. The lowest BCUT2D eigenvalue weighted by atomic mass is 10.1. The summed E-state index contributed by atoms with van der Waals surface area (Å²) in [5.74, 6) is -2.87. The topological polar surface area (TPSA) is 75.3 Å². The zero-order valence-electron chi connectivity index (χ0n) is 9.95. The molecule has 0 aliphatic rings. The van der Waals surface area contributed by atoms with E-state index >= 15 is 0 Å². The first kappa shape index (κ1) is 14.3. The number of nitrogen functional groups attached to an aromatic ring is 1. The second kappa shape index (κ2) is 5.46. The van der Waals surface area contributed by atoms with Gasteiger partial charge in [0, 0.05) is 10.5 Å². The molecule has 4 nitrogen and oxygen atoms in total. The SMILES string of the molecule is Nc1cc(NC(=O)c2ccc(Br)cc2O)c(F)cc1F. The summed E-state index contributed by atoms with van der Waals surface area (Å²) in [5, 5.41) is 11.9. The van der Waals surface area contributed by atoms with Crippen LogP contribution in [-0.4, -0.2) is 11.0 Å². The fourth-order valence-corrected chi connectivity index (χ4v) is 1.90. The fourth-order valence-electron chi connectivity index (χ4n) is 1.55. The van der Waals surface area contributed by atoms with E-state index in [4.69, 9.17) is 5.73 Å². The van der Waals surface area contributed by atoms with Crippen molar-refractivity contribution >= 4 is 33.2 Å². The highest BCUT2D eigenvalue weighted by Gasteiger charge is 2.15. The van der Waals surface area contributed by atoms with Gasteiger partial charge in [0.15, 0.2) is 0 Å². The van der Waals surface area contributed by atoms with E-state index in [-0.39, 0.29) is 22.7 Å². The molecule has 2 rings (SSSR count). The van der Waals surface area contributed by atoms with Crippen molar-refractivity contribution in [3.05, 3.63) is 52.0 Å². The molecular weight excluding hydrogens is 334 g/mol. The van der Waals surface area contributed by atoms with Crippen LogP contribution in [-0.2, 0) is 0 Å². The second-order valence-electron chi connectivity index (χ2n) is 3.97. The second-order valence-corrected chi connectivity index (χ2v) is 4.88. The molecule has 0 unspecified atom stereocenters. The zero-order chi connectivity index (χ0) is 14.9. The number of nitrogens with two attached hydrogens (primary N) is 1.